The van der Waals surface area contributed by atoms with Crippen molar-refractivity contribution in [1.82, 2.24) is 0 Å². The highest BCUT2D eigenvalue weighted by Gasteiger charge is 2.25. The predicted octanol–water partition coefficient (Wildman–Crippen LogP) is 1.86. The van der Waals surface area contributed by atoms with Gasteiger partial charge in [-0.05, 0) is 31.0 Å². The molecule has 1 amide bonds. The molecule has 0 saturated heterocycles. The van der Waals surface area contributed by atoms with Gasteiger partial charge >= 0.3 is 0 Å². The van der Waals surface area contributed by atoms with Gasteiger partial charge in [0.05, 0.1) is 5.92 Å². The molecule has 2 atom stereocenters. The first-order valence-corrected chi connectivity index (χ1v) is 5.86. The number of benzene rings is 1. The molecule has 1 aliphatic rings. The van der Waals surface area contributed by atoms with Crippen molar-refractivity contribution >= 4 is 11.6 Å². The fraction of sp³-hybridized carbons (Fsp3) is 0.357. The van der Waals surface area contributed by atoms with E-state index in [0.717, 1.165) is 17.7 Å². The van der Waals surface area contributed by atoms with Gasteiger partial charge in [-0.2, -0.15) is 0 Å². The first-order chi connectivity index (χ1) is 8.08. The van der Waals surface area contributed by atoms with E-state index < -0.39 is 0 Å². The second kappa shape index (κ2) is 4.72. The van der Waals surface area contributed by atoms with Gasteiger partial charge in [-0.1, -0.05) is 24.3 Å². The van der Waals surface area contributed by atoms with E-state index in [1.54, 1.807) is 4.90 Å². The van der Waals surface area contributed by atoms with E-state index in [4.69, 9.17) is 5.73 Å². The average Bonchev–Trinajstić information content (AvgIpc) is 2.74. The molecule has 17 heavy (non-hydrogen) atoms. The molecule has 1 aliphatic carbocycles. The van der Waals surface area contributed by atoms with E-state index in [1.165, 1.54) is 0 Å². The second-order valence-corrected chi connectivity index (χ2v) is 4.63. The minimum Gasteiger partial charge on any atom is -0.324 e. The van der Waals surface area contributed by atoms with Gasteiger partial charge in [-0.15, -0.1) is 0 Å². The van der Waals surface area contributed by atoms with Gasteiger partial charge in [0.1, 0.15) is 0 Å². The topological polar surface area (TPSA) is 46.3 Å². The summed E-state index contributed by atoms with van der Waals surface area (Å²) in [6, 6.07) is 7.97. The highest BCUT2D eigenvalue weighted by Crippen LogP contribution is 2.22. The number of anilines is 1. The monoisotopic (exact) mass is 230 g/mol. The van der Waals surface area contributed by atoms with Crippen LogP contribution in [0.4, 0.5) is 5.69 Å². The zero-order chi connectivity index (χ0) is 12.4. The maximum absolute atomic E-state index is 12.2. The summed E-state index contributed by atoms with van der Waals surface area (Å²) in [5.41, 5.74) is 7.86. The van der Waals surface area contributed by atoms with Crippen molar-refractivity contribution in [1.29, 1.82) is 0 Å². The van der Waals surface area contributed by atoms with E-state index in [2.05, 4.69) is 0 Å². The molecule has 0 aromatic heterocycles. The summed E-state index contributed by atoms with van der Waals surface area (Å²) < 4.78 is 0. The molecular formula is C14H18N2O. The number of nitrogens with two attached hydrogens (primary N) is 1. The van der Waals surface area contributed by atoms with Crippen LogP contribution < -0.4 is 10.6 Å². The number of hydrogen-bond donors (Lipinski definition) is 1. The van der Waals surface area contributed by atoms with Crippen LogP contribution in [0.2, 0.25) is 0 Å². The van der Waals surface area contributed by atoms with E-state index >= 15 is 0 Å². The molecule has 1 aromatic carbocycles. The Morgan fingerprint density at radius 1 is 1.41 bits per heavy atom. The summed E-state index contributed by atoms with van der Waals surface area (Å²) in [6.45, 7) is 2.02. The Hall–Kier alpha value is -1.61. The summed E-state index contributed by atoms with van der Waals surface area (Å²) >= 11 is 0. The van der Waals surface area contributed by atoms with Gasteiger partial charge in [0, 0.05) is 18.8 Å². The van der Waals surface area contributed by atoms with Crippen molar-refractivity contribution in [3.8, 4) is 0 Å². The van der Waals surface area contributed by atoms with E-state index in [0.29, 0.717) is 0 Å². The lowest BCUT2D eigenvalue weighted by atomic mass is 10.1. The standard InChI is InChI=1S/C14H18N2O/c1-10-4-3-5-13(8-10)16(2)14(17)11-6-7-12(15)9-11/h3-8,11-12H,9,15H2,1-2H3. The molecule has 0 bridgehead atoms. The molecule has 3 heteroatoms. The van der Waals surface area contributed by atoms with Crippen LogP contribution in [-0.4, -0.2) is 19.0 Å². The third-order valence-electron chi connectivity index (χ3n) is 3.15. The fourth-order valence-electron chi connectivity index (χ4n) is 2.12. The van der Waals surface area contributed by atoms with Gasteiger partial charge < -0.3 is 10.6 Å². The number of hydrogen-bond acceptors (Lipinski definition) is 2. The summed E-state index contributed by atoms with van der Waals surface area (Å²) in [6.07, 6.45) is 4.54. The van der Waals surface area contributed by atoms with E-state index in [9.17, 15) is 4.79 Å². The van der Waals surface area contributed by atoms with Crippen molar-refractivity contribution in [2.75, 3.05) is 11.9 Å². The number of nitrogens with zero attached hydrogens (tertiary/aromatic N) is 1. The molecule has 2 rings (SSSR count). The maximum Gasteiger partial charge on any atom is 0.233 e. The Balaban J connectivity index is 2.12. The van der Waals surface area contributed by atoms with Crippen molar-refractivity contribution in [2.24, 2.45) is 11.7 Å². The van der Waals surface area contributed by atoms with Gasteiger partial charge in [0.2, 0.25) is 5.91 Å². The molecule has 3 nitrogen and oxygen atoms in total. The smallest absolute Gasteiger partial charge is 0.233 e. The second-order valence-electron chi connectivity index (χ2n) is 4.63. The lowest BCUT2D eigenvalue weighted by molar-refractivity contribution is -0.120. The molecule has 0 aliphatic heterocycles. The highest BCUT2D eigenvalue weighted by atomic mass is 16.2. The Bertz CT molecular complexity index is 453. The third-order valence-corrected chi connectivity index (χ3v) is 3.15. The lowest BCUT2D eigenvalue weighted by Gasteiger charge is -2.21. The summed E-state index contributed by atoms with van der Waals surface area (Å²) in [4.78, 5) is 13.9. The quantitative estimate of drug-likeness (QED) is 0.788. The molecule has 90 valence electrons. The van der Waals surface area contributed by atoms with Crippen LogP contribution in [0.3, 0.4) is 0 Å². The maximum atomic E-state index is 12.2. The van der Waals surface area contributed by atoms with Crippen LogP contribution in [0.1, 0.15) is 12.0 Å². The van der Waals surface area contributed by atoms with Crippen molar-refractivity contribution in [3.05, 3.63) is 42.0 Å². The normalized spacial score (nSPS) is 22.8. The van der Waals surface area contributed by atoms with Crippen LogP contribution >= 0.6 is 0 Å². The van der Waals surface area contributed by atoms with Crippen LogP contribution in [0, 0.1) is 12.8 Å². The molecule has 0 saturated carbocycles. The largest absolute Gasteiger partial charge is 0.324 e. The molecule has 0 spiro atoms. The van der Waals surface area contributed by atoms with E-state index in [-0.39, 0.29) is 17.9 Å². The zero-order valence-electron chi connectivity index (χ0n) is 10.3. The Morgan fingerprint density at radius 3 is 2.76 bits per heavy atom. The molecule has 0 heterocycles. The van der Waals surface area contributed by atoms with Crippen LogP contribution in [0.15, 0.2) is 36.4 Å². The van der Waals surface area contributed by atoms with Gasteiger partial charge in [-0.25, -0.2) is 0 Å². The van der Waals surface area contributed by atoms with Gasteiger partial charge in [-0.3, -0.25) is 4.79 Å². The summed E-state index contributed by atoms with van der Waals surface area (Å²) in [7, 11) is 1.81. The molecule has 2 N–H and O–H groups in total. The number of amides is 1. The van der Waals surface area contributed by atoms with Crippen molar-refractivity contribution in [3.63, 3.8) is 0 Å². The van der Waals surface area contributed by atoms with Crippen molar-refractivity contribution in [2.45, 2.75) is 19.4 Å². The Labute approximate surface area is 102 Å². The molecule has 0 radical (unpaired) electrons. The molecular weight excluding hydrogens is 212 g/mol. The molecule has 2 unspecified atom stereocenters. The van der Waals surface area contributed by atoms with Gasteiger partial charge in [0.15, 0.2) is 0 Å². The minimum atomic E-state index is -0.0736. The predicted molar refractivity (Wildman–Crippen MR) is 69.8 cm³/mol. The van der Waals surface area contributed by atoms with Crippen molar-refractivity contribution < 1.29 is 4.79 Å². The summed E-state index contributed by atoms with van der Waals surface area (Å²) in [5.74, 6) is 0.0373. The highest BCUT2D eigenvalue weighted by molar-refractivity contribution is 5.96. The molecule has 1 aromatic rings. The zero-order valence-corrected chi connectivity index (χ0v) is 10.3. The first kappa shape index (κ1) is 11.9. The van der Waals surface area contributed by atoms with Crippen LogP contribution in [0.25, 0.3) is 0 Å². The number of rotatable bonds is 2. The number of carbonyl (C=O) groups is 1. The SMILES string of the molecule is Cc1cccc(N(C)C(=O)C2C=CC(N)C2)c1. The Kier molecular flexibility index (Phi) is 3.29. The van der Waals surface area contributed by atoms with Crippen LogP contribution in [-0.2, 0) is 4.79 Å². The van der Waals surface area contributed by atoms with Gasteiger partial charge in [0.25, 0.3) is 0 Å². The first-order valence-electron chi connectivity index (χ1n) is 5.86. The molecule has 0 fully saturated rings. The third kappa shape index (κ3) is 2.56. The number of aryl methyl sites for hydroxylation is 1. The summed E-state index contributed by atoms with van der Waals surface area (Å²) in [5, 5.41) is 0. The fourth-order valence-corrected chi connectivity index (χ4v) is 2.12. The Morgan fingerprint density at radius 2 is 2.18 bits per heavy atom. The van der Waals surface area contributed by atoms with Crippen LogP contribution in [0.5, 0.6) is 0 Å². The van der Waals surface area contributed by atoms with E-state index in [1.807, 2.05) is 50.4 Å². The number of carbonyl (C=O) groups excluding carboxylic acids is 1. The lowest BCUT2D eigenvalue weighted by Crippen LogP contribution is -2.32. The minimum absolute atomic E-state index is 0.0230. The average molecular weight is 230 g/mol.